The lowest BCUT2D eigenvalue weighted by atomic mass is 10.1. The molecule has 0 aliphatic carbocycles. The second-order valence-electron chi connectivity index (χ2n) is 6.52. The van der Waals surface area contributed by atoms with Crippen LogP contribution in [0.5, 0.6) is 5.88 Å². The minimum atomic E-state index is -4.50. The molecule has 0 saturated heterocycles. The van der Waals surface area contributed by atoms with E-state index < -0.39 is 30.3 Å². The number of aliphatic imine (C=N–C) groups is 1. The van der Waals surface area contributed by atoms with Crippen molar-refractivity contribution in [2.75, 3.05) is 6.61 Å². The first-order valence-corrected chi connectivity index (χ1v) is 9.88. The summed E-state index contributed by atoms with van der Waals surface area (Å²) in [6.45, 7) is -0.201. The fourth-order valence-electron chi connectivity index (χ4n) is 2.73. The summed E-state index contributed by atoms with van der Waals surface area (Å²) < 4.78 is 42.5. The molecule has 0 fully saturated rings. The lowest BCUT2D eigenvalue weighted by Gasteiger charge is -2.30. The van der Waals surface area contributed by atoms with Crippen molar-refractivity contribution in [3.8, 4) is 17.0 Å². The molecule has 0 saturated carbocycles. The van der Waals surface area contributed by atoms with Crippen molar-refractivity contribution in [3.63, 3.8) is 0 Å². The summed E-state index contributed by atoms with van der Waals surface area (Å²) in [5.41, 5.74) is -0.0203. The highest BCUT2D eigenvalue weighted by atomic mass is 32.1. The van der Waals surface area contributed by atoms with Gasteiger partial charge in [0, 0.05) is 37.6 Å². The van der Waals surface area contributed by atoms with E-state index in [2.05, 4.69) is 25.9 Å². The first kappa shape index (κ1) is 22.3. The Bertz CT molecular complexity index is 1010. The van der Waals surface area contributed by atoms with E-state index in [-0.39, 0.29) is 12.4 Å². The molecule has 3 N–H and O–H groups in total. The van der Waals surface area contributed by atoms with Crippen LogP contribution in [0.2, 0.25) is 0 Å². The van der Waals surface area contributed by atoms with Gasteiger partial charge in [-0.1, -0.05) is 0 Å². The molecule has 3 rings (SSSR count). The molecule has 0 aromatic carbocycles. The maximum atomic E-state index is 12.7. The number of pyridine rings is 1. The SMILES string of the molecule is CC(=O)NC1(C(=O)NCc2cnc(OCC(F)(F)F)c(-c3ccsc3)c2)C=NC=CN1. The Labute approximate surface area is 179 Å². The number of thiophene rings is 1. The molecule has 31 heavy (non-hydrogen) atoms. The predicted molar refractivity (Wildman–Crippen MR) is 108 cm³/mol. The standard InChI is InChI=1S/C19H18F3N5O3S/c1-12(28)27-18(10-23-3-4-26-18)17(29)25-8-13-6-15(14-2-5-31-9-14)16(24-7-13)30-11-19(20,21)22/h2-7,9-10,26H,8,11H2,1H3,(H,25,29)(H,27,28). The quantitative estimate of drug-likeness (QED) is 0.597. The van der Waals surface area contributed by atoms with Crippen molar-refractivity contribution in [1.82, 2.24) is 20.9 Å². The third-order valence-electron chi connectivity index (χ3n) is 4.04. The largest absolute Gasteiger partial charge is 0.468 e. The van der Waals surface area contributed by atoms with E-state index in [1.807, 2.05) is 0 Å². The fourth-order valence-corrected chi connectivity index (χ4v) is 3.39. The summed E-state index contributed by atoms with van der Waals surface area (Å²) in [5, 5.41) is 11.4. The smallest absolute Gasteiger partial charge is 0.422 e. The van der Waals surface area contributed by atoms with Gasteiger partial charge in [-0.3, -0.25) is 14.6 Å². The van der Waals surface area contributed by atoms with Crippen LogP contribution in [0.15, 0.2) is 46.5 Å². The highest BCUT2D eigenvalue weighted by Crippen LogP contribution is 2.31. The Morgan fingerprint density at radius 3 is 2.77 bits per heavy atom. The number of aromatic nitrogens is 1. The van der Waals surface area contributed by atoms with Gasteiger partial charge in [-0.2, -0.15) is 24.5 Å². The number of hydrogen-bond acceptors (Lipinski definition) is 7. The number of rotatable bonds is 7. The van der Waals surface area contributed by atoms with Gasteiger partial charge in [0.25, 0.3) is 5.91 Å². The van der Waals surface area contributed by atoms with Gasteiger partial charge in [-0.15, -0.1) is 0 Å². The van der Waals surface area contributed by atoms with Crippen molar-refractivity contribution in [2.45, 2.75) is 25.3 Å². The van der Waals surface area contributed by atoms with Crippen molar-refractivity contribution < 1.29 is 27.5 Å². The van der Waals surface area contributed by atoms with Crippen molar-refractivity contribution in [1.29, 1.82) is 0 Å². The second kappa shape index (κ2) is 9.16. The van der Waals surface area contributed by atoms with Gasteiger partial charge < -0.3 is 20.7 Å². The molecule has 8 nitrogen and oxygen atoms in total. The molecular formula is C19H18F3N5O3S. The van der Waals surface area contributed by atoms with E-state index in [1.54, 1.807) is 22.9 Å². The van der Waals surface area contributed by atoms with E-state index in [9.17, 15) is 22.8 Å². The number of amides is 2. The number of hydrogen-bond donors (Lipinski definition) is 3. The van der Waals surface area contributed by atoms with Crippen molar-refractivity contribution in [2.24, 2.45) is 4.99 Å². The first-order valence-electron chi connectivity index (χ1n) is 8.94. The number of alkyl halides is 3. The van der Waals surface area contributed by atoms with Gasteiger partial charge in [0.05, 0.1) is 6.21 Å². The molecule has 12 heteroatoms. The summed E-state index contributed by atoms with van der Waals surface area (Å²) in [4.78, 5) is 32.2. The molecule has 2 aromatic rings. The van der Waals surface area contributed by atoms with Crippen molar-refractivity contribution in [3.05, 3.63) is 47.1 Å². The zero-order chi connectivity index (χ0) is 22.5. The molecule has 1 unspecified atom stereocenters. The van der Waals surface area contributed by atoms with E-state index >= 15 is 0 Å². The average molecular weight is 453 g/mol. The topological polar surface area (TPSA) is 105 Å². The van der Waals surface area contributed by atoms with E-state index in [1.165, 1.54) is 43.1 Å². The van der Waals surface area contributed by atoms with Crippen LogP contribution in [0, 0.1) is 0 Å². The van der Waals surface area contributed by atoms with E-state index in [4.69, 9.17) is 4.74 Å². The number of ether oxygens (including phenoxy) is 1. The molecule has 1 aliphatic heterocycles. The third-order valence-corrected chi connectivity index (χ3v) is 4.72. The zero-order valence-corrected chi connectivity index (χ0v) is 17.0. The van der Waals surface area contributed by atoms with Gasteiger partial charge in [0.15, 0.2) is 6.61 Å². The first-order chi connectivity index (χ1) is 14.7. The maximum Gasteiger partial charge on any atom is 0.422 e. The van der Waals surface area contributed by atoms with Crippen LogP contribution < -0.4 is 20.7 Å². The Hall–Kier alpha value is -3.41. The summed E-state index contributed by atoms with van der Waals surface area (Å²) >= 11 is 1.37. The molecule has 1 aliphatic rings. The van der Waals surface area contributed by atoms with E-state index in [0.717, 1.165) is 0 Å². The van der Waals surface area contributed by atoms with Crippen LogP contribution in [-0.4, -0.2) is 41.5 Å². The summed E-state index contributed by atoms with van der Waals surface area (Å²) in [6, 6.07) is 3.32. The Morgan fingerprint density at radius 2 is 2.16 bits per heavy atom. The third kappa shape index (κ3) is 5.81. The monoisotopic (exact) mass is 453 g/mol. The summed E-state index contributed by atoms with van der Waals surface area (Å²) in [6.07, 6.45) is 0.909. The minimum absolute atomic E-state index is 0.00307. The van der Waals surface area contributed by atoms with Gasteiger partial charge in [-0.25, -0.2) is 4.98 Å². The molecule has 164 valence electrons. The van der Waals surface area contributed by atoms with Gasteiger partial charge in [0.1, 0.15) is 0 Å². The van der Waals surface area contributed by atoms with Gasteiger partial charge >= 0.3 is 6.18 Å². The van der Waals surface area contributed by atoms with Crippen molar-refractivity contribution >= 4 is 29.4 Å². The highest BCUT2D eigenvalue weighted by Gasteiger charge is 2.37. The van der Waals surface area contributed by atoms with Gasteiger partial charge in [0.2, 0.25) is 17.5 Å². The number of carbonyl (C=O) groups excluding carboxylic acids is 2. The molecule has 2 aromatic heterocycles. The molecule has 0 radical (unpaired) electrons. The lowest BCUT2D eigenvalue weighted by molar-refractivity contribution is -0.154. The van der Waals surface area contributed by atoms with Gasteiger partial charge in [-0.05, 0) is 34.0 Å². The van der Waals surface area contributed by atoms with Crippen LogP contribution in [0.3, 0.4) is 0 Å². The predicted octanol–water partition coefficient (Wildman–Crippen LogP) is 2.34. The molecule has 2 amide bonds. The maximum absolute atomic E-state index is 12.7. The Morgan fingerprint density at radius 1 is 1.35 bits per heavy atom. The number of halogens is 3. The van der Waals surface area contributed by atoms with E-state index in [0.29, 0.717) is 16.7 Å². The minimum Gasteiger partial charge on any atom is -0.468 e. The van der Waals surface area contributed by atoms with Crippen LogP contribution in [-0.2, 0) is 16.1 Å². The second-order valence-corrected chi connectivity index (χ2v) is 7.30. The summed E-state index contributed by atoms with van der Waals surface area (Å²) in [5.74, 6) is -1.19. The zero-order valence-electron chi connectivity index (χ0n) is 16.2. The number of nitrogens with zero attached hydrogens (tertiary/aromatic N) is 2. The molecule has 0 spiro atoms. The molecule has 3 heterocycles. The van der Waals surface area contributed by atoms with Crippen LogP contribution in [0.1, 0.15) is 12.5 Å². The molecule has 1 atom stereocenters. The number of nitrogens with one attached hydrogen (secondary N) is 3. The Balaban J connectivity index is 1.78. The lowest BCUT2D eigenvalue weighted by Crippen LogP contribution is -2.67. The van der Waals surface area contributed by atoms with Crippen LogP contribution in [0.25, 0.3) is 11.1 Å². The molecule has 0 bridgehead atoms. The Kier molecular flexibility index (Phi) is 6.59. The summed E-state index contributed by atoms with van der Waals surface area (Å²) in [7, 11) is 0. The molecular weight excluding hydrogens is 435 g/mol. The highest BCUT2D eigenvalue weighted by molar-refractivity contribution is 7.08. The van der Waals surface area contributed by atoms with Crippen LogP contribution >= 0.6 is 11.3 Å². The fraction of sp³-hybridized carbons (Fsp3) is 0.263. The number of carbonyl (C=O) groups is 2. The average Bonchev–Trinajstić information content (AvgIpc) is 3.25. The normalized spacial score (nSPS) is 17.7. The van der Waals surface area contributed by atoms with Crippen LogP contribution in [0.4, 0.5) is 13.2 Å².